The maximum Gasteiger partial charge on any atom is 0.307 e. The van der Waals surface area contributed by atoms with Crippen molar-refractivity contribution < 1.29 is 19.0 Å². The molecule has 2 rings (SSSR count). The van der Waals surface area contributed by atoms with Gasteiger partial charge < -0.3 is 14.2 Å². The molecule has 1 saturated heterocycles. The monoisotopic (exact) mass is 391 g/mol. The van der Waals surface area contributed by atoms with Crippen molar-refractivity contribution in [3.63, 3.8) is 0 Å². The summed E-state index contributed by atoms with van der Waals surface area (Å²) in [5, 5.41) is 0. The lowest BCUT2D eigenvalue weighted by molar-refractivity contribution is -0.155. The van der Waals surface area contributed by atoms with E-state index in [0.29, 0.717) is 19.6 Å². The van der Waals surface area contributed by atoms with Crippen LogP contribution >= 0.6 is 0 Å². The van der Waals surface area contributed by atoms with Gasteiger partial charge in [0.2, 0.25) is 0 Å². The Morgan fingerprint density at radius 1 is 1.18 bits per heavy atom. The zero-order valence-corrected chi connectivity index (χ0v) is 18.0. The Balaban J connectivity index is 1.76. The summed E-state index contributed by atoms with van der Waals surface area (Å²) in [6.07, 6.45) is 5.29. The molecule has 1 heterocycles. The summed E-state index contributed by atoms with van der Waals surface area (Å²) in [7, 11) is 0. The van der Waals surface area contributed by atoms with Gasteiger partial charge in [0.15, 0.2) is 0 Å². The minimum absolute atomic E-state index is 0.0333. The largest absolute Gasteiger partial charge is 0.494 e. The van der Waals surface area contributed by atoms with E-state index in [2.05, 4.69) is 24.0 Å². The molecule has 0 spiro atoms. The molecule has 0 N–H and O–H groups in total. The number of unbranched alkanes of at least 4 members (excludes halogenated alkanes) is 3. The summed E-state index contributed by atoms with van der Waals surface area (Å²) in [6, 6.07) is 8.23. The molecule has 1 atom stereocenters. The van der Waals surface area contributed by atoms with Crippen LogP contribution in [0.2, 0.25) is 0 Å². The molecule has 0 aromatic heterocycles. The Hall–Kier alpha value is -1.59. The average Bonchev–Trinajstić information content (AvgIpc) is 2.66. The molecule has 1 aromatic carbocycles. The third-order valence-corrected chi connectivity index (χ3v) is 4.72. The van der Waals surface area contributed by atoms with Crippen LogP contribution in [0.25, 0.3) is 0 Å². The molecule has 5 nitrogen and oxygen atoms in total. The van der Waals surface area contributed by atoms with Crippen LogP contribution < -0.4 is 4.74 Å². The Labute approximate surface area is 170 Å². The van der Waals surface area contributed by atoms with Crippen molar-refractivity contribution in [2.75, 3.05) is 32.8 Å². The van der Waals surface area contributed by atoms with Crippen LogP contribution in [0.3, 0.4) is 0 Å². The molecule has 0 radical (unpaired) electrons. The van der Waals surface area contributed by atoms with Crippen molar-refractivity contribution >= 4 is 5.97 Å². The highest BCUT2D eigenvalue weighted by molar-refractivity contribution is 5.70. The highest BCUT2D eigenvalue weighted by Crippen LogP contribution is 2.24. The minimum Gasteiger partial charge on any atom is -0.494 e. The van der Waals surface area contributed by atoms with Gasteiger partial charge >= 0.3 is 5.97 Å². The summed E-state index contributed by atoms with van der Waals surface area (Å²) in [5.41, 5.74) is 0.727. The molecule has 1 aliphatic rings. The van der Waals surface area contributed by atoms with E-state index in [4.69, 9.17) is 14.2 Å². The van der Waals surface area contributed by atoms with Crippen LogP contribution in [-0.4, -0.2) is 49.3 Å². The predicted molar refractivity (Wildman–Crippen MR) is 112 cm³/mol. The van der Waals surface area contributed by atoms with Crippen molar-refractivity contribution in [2.24, 2.45) is 0 Å². The number of benzene rings is 1. The lowest BCUT2D eigenvalue weighted by Crippen LogP contribution is -2.39. The summed E-state index contributed by atoms with van der Waals surface area (Å²) < 4.78 is 17.2. The number of hydrogen-bond acceptors (Lipinski definition) is 5. The van der Waals surface area contributed by atoms with E-state index in [1.54, 1.807) is 0 Å². The van der Waals surface area contributed by atoms with Crippen LogP contribution in [0.4, 0.5) is 0 Å². The molecule has 1 aliphatic heterocycles. The van der Waals surface area contributed by atoms with E-state index in [1.165, 1.54) is 19.3 Å². The molecule has 1 aromatic rings. The second-order valence-corrected chi connectivity index (χ2v) is 8.47. The Bertz CT molecular complexity index is 579. The lowest BCUT2D eigenvalue weighted by Gasteiger charge is -2.33. The van der Waals surface area contributed by atoms with Gasteiger partial charge in [0, 0.05) is 19.6 Å². The van der Waals surface area contributed by atoms with Crippen molar-refractivity contribution in [3.8, 4) is 5.75 Å². The van der Waals surface area contributed by atoms with Crippen molar-refractivity contribution in [1.29, 1.82) is 0 Å². The summed E-state index contributed by atoms with van der Waals surface area (Å²) in [6.45, 7) is 11.7. The van der Waals surface area contributed by atoms with Crippen LogP contribution in [-0.2, 0) is 14.3 Å². The molecule has 0 bridgehead atoms. The molecule has 0 amide bonds. The van der Waals surface area contributed by atoms with Crippen LogP contribution in [0.5, 0.6) is 5.75 Å². The fourth-order valence-electron chi connectivity index (χ4n) is 3.25. The Morgan fingerprint density at radius 3 is 2.61 bits per heavy atom. The zero-order valence-electron chi connectivity index (χ0n) is 18.0. The van der Waals surface area contributed by atoms with Crippen LogP contribution in [0.1, 0.15) is 71.5 Å². The van der Waals surface area contributed by atoms with Gasteiger partial charge in [0.1, 0.15) is 11.4 Å². The van der Waals surface area contributed by atoms with Gasteiger partial charge in [-0.2, -0.15) is 0 Å². The number of carbonyl (C=O) groups excluding carboxylic acids is 1. The van der Waals surface area contributed by atoms with Gasteiger partial charge in [-0.05, 0) is 44.9 Å². The summed E-state index contributed by atoms with van der Waals surface area (Å²) in [4.78, 5) is 14.2. The van der Waals surface area contributed by atoms with E-state index in [0.717, 1.165) is 37.4 Å². The summed E-state index contributed by atoms with van der Waals surface area (Å²) >= 11 is 0. The quantitative estimate of drug-likeness (QED) is 0.425. The lowest BCUT2D eigenvalue weighted by atomic mass is 10.1. The predicted octanol–water partition coefficient (Wildman–Crippen LogP) is 4.75. The number of morpholine rings is 1. The van der Waals surface area contributed by atoms with E-state index in [9.17, 15) is 4.79 Å². The number of nitrogens with zero attached hydrogens (tertiary/aromatic N) is 1. The number of rotatable bonds is 10. The Morgan fingerprint density at radius 2 is 1.93 bits per heavy atom. The smallest absolute Gasteiger partial charge is 0.307 e. The third-order valence-electron chi connectivity index (χ3n) is 4.72. The SMILES string of the molecule is CCCCCCOc1ccc(C2CN(CCC(=O)OC(C)(C)C)CCO2)cc1. The normalized spacial score (nSPS) is 18.1. The number of esters is 1. The highest BCUT2D eigenvalue weighted by Gasteiger charge is 2.23. The van der Waals surface area contributed by atoms with Crippen molar-refractivity contribution in [3.05, 3.63) is 29.8 Å². The van der Waals surface area contributed by atoms with Gasteiger partial charge in [-0.15, -0.1) is 0 Å². The Kier molecular flexibility index (Phi) is 9.26. The minimum atomic E-state index is -0.426. The van der Waals surface area contributed by atoms with Gasteiger partial charge in [-0.3, -0.25) is 9.69 Å². The van der Waals surface area contributed by atoms with Crippen LogP contribution in [0.15, 0.2) is 24.3 Å². The highest BCUT2D eigenvalue weighted by atomic mass is 16.6. The first-order valence-corrected chi connectivity index (χ1v) is 10.7. The zero-order chi connectivity index (χ0) is 20.4. The summed E-state index contributed by atoms with van der Waals surface area (Å²) in [5.74, 6) is 0.772. The first kappa shape index (κ1) is 22.7. The van der Waals surface area contributed by atoms with Crippen molar-refractivity contribution in [2.45, 2.75) is 71.5 Å². The average molecular weight is 392 g/mol. The van der Waals surface area contributed by atoms with Gasteiger partial charge in [-0.1, -0.05) is 38.3 Å². The van der Waals surface area contributed by atoms with Gasteiger partial charge in [0.05, 0.1) is 25.7 Å². The second kappa shape index (κ2) is 11.4. The molecule has 0 saturated carbocycles. The first-order valence-electron chi connectivity index (χ1n) is 10.7. The molecule has 28 heavy (non-hydrogen) atoms. The molecule has 158 valence electrons. The first-order chi connectivity index (χ1) is 13.4. The van der Waals surface area contributed by atoms with E-state index in [-0.39, 0.29) is 12.1 Å². The van der Waals surface area contributed by atoms with E-state index in [1.807, 2.05) is 32.9 Å². The van der Waals surface area contributed by atoms with Gasteiger partial charge in [0.25, 0.3) is 0 Å². The topological polar surface area (TPSA) is 48.0 Å². The molecular formula is C23H37NO4. The fraction of sp³-hybridized carbons (Fsp3) is 0.696. The second-order valence-electron chi connectivity index (χ2n) is 8.47. The van der Waals surface area contributed by atoms with Crippen LogP contribution in [0, 0.1) is 0 Å². The molecule has 5 heteroatoms. The van der Waals surface area contributed by atoms with Gasteiger partial charge in [-0.25, -0.2) is 0 Å². The van der Waals surface area contributed by atoms with E-state index >= 15 is 0 Å². The number of hydrogen-bond donors (Lipinski definition) is 0. The molecule has 0 aliphatic carbocycles. The third kappa shape index (κ3) is 8.61. The number of carbonyl (C=O) groups is 1. The maximum atomic E-state index is 11.9. The molecule has 1 unspecified atom stereocenters. The maximum absolute atomic E-state index is 11.9. The number of ether oxygens (including phenoxy) is 3. The fourth-order valence-corrected chi connectivity index (χ4v) is 3.25. The standard InChI is InChI=1S/C23H37NO4/c1-5-6-7-8-16-26-20-11-9-19(10-12-20)21-18-24(15-17-27-21)14-13-22(25)28-23(2,3)4/h9-12,21H,5-8,13-18H2,1-4H3. The van der Waals surface area contributed by atoms with E-state index < -0.39 is 5.60 Å². The van der Waals surface area contributed by atoms with Crippen molar-refractivity contribution in [1.82, 2.24) is 4.90 Å². The molecule has 1 fully saturated rings. The molecular weight excluding hydrogens is 354 g/mol.